The number of aromatic amines is 1. The van der Waals surface area contributed by atoms with Gasteiger partial charge in [-0.1, -0.05) is 0 Å². The van der Waals surface area contributed by atoms with Gasteiger partial charge >= 0.3 is 12.4 Å². The van der Waals surface area contributed by atoms with E-state index in [1.807, 2.05) is 5.10 Å². The average molecular weight is 491 g/mol. The van der Waals surface area contributed by atoms with E-state index in [-0.39, 0.29) is 37.2 Å². The summed E-state index contributed by atoms with van der Waals surface area (Å²) in [5, 5.41) is 5.58. The summed E-state index contributed by atoms with van der Waals surface area (Å²) in [6, 6.07) is 0.187. The van der Waals surface area contributed by atoms with Crippen LogP contribution in [0.25, 0.3) is 0 Å². The maximum absolute atomic E-state index is 13.0. The Morgan fingerprint density at radius 3 is 2.18 bits per heavy atom. The van der Waals surface area contributed by atoms with E-state index in [1.165, 1.54) is 0 Å². The average Bonchev–Trinajstić information content (AvgIpc) is 2.76. The van der Waals surface area contributed by atoms with Gasteiger partial charge in [0, 0.05) is 45.1 Å². The number of hydrogen-bond donors (Lipinski definition) is 1. The van der Waals surface area contributed by atoms with Crippen LogP contribution in [0.4, 0.5) is 32.3 Å². The molecule has 4 rings (SSSR count). The van der Waals surface area contributed by atoms with Gasteiger partial charge in [-0.05, 0) is 12.5 Å². The lowest BCUT2D eigenvalue weighted by molar-refractivity contribution is -0.139. The topological polar surface area (TPSA) is 98.3 Å². The Bertz CT molecular complexity index is 1090. The van der Waals surface area contributed by atoms with Crippen molar-refractivity contribution in [2.75, 3.05) is 44.2 Å². The van der Waals surface area contributed by atoms with Crippen LogP contribution >= 0.6 is 0 Å². The van der Waals surface area contributed by atoms with Gasteiger partial charge in [0.15, 0.2) is 0 Å². The van der Waals surface area contributed by atoms with Crippen LogP contribution in [0.15, 0.2) is 23.3 Å². The molecule has 0 aromatic carbocycles. The number of H-pyrrole nitrogens is 1. The number of amides is 1. The molecule has 9 nitrogen and oxygen atoms in total. The SMILES string of the molecule is O=C(CN1CCC1c1cc(C(F)(F)F)c(=O)[nH]n1)N1CCN(c2ncc(C(F)(F)F)cn2)CC1. The molecule has 15 heteroatoms. The molecule has 2 aliphatic heterocycles. The zero-order valence-corrected chi connectivity index (χ0v) is 17.5. The van der Waals surface area contributed by atoms with E-state index in [0.29, 0.717) is 44.5 Å². The molecule has 0 saturated carbocycles. The number of hydrogen-bond acceptors (Lipinski definition) is 7. The summed E-state index contributed by atoms with van der Waals surface area (Å²) in [5.74, 6) is -0.106. The minimum absolute atomic E-state index is 0.0373. The van der Waals surface area contributed by atoms with Crippen LogP contribution in [0.1, 0.15) is 29.3 Å². The molecule has 2 fully saturated rings. The standard InChI is InChI=1S/C19H19F6N7O2/c20-18(21,22)11-8-26-17(27-9-11)31-5-3-30(4-6-31)15(33)10-32-2-1-14(32)13-7-12(19(23,24)25)16(34)29-28-13/h7-9,14H,1-6,10H2,(H,29,34). The van der Waals surface area contributed by atoms with E-state index in [1.54, 1.807) is 14.7 Å². The van der Waals surface area contributed by atoms with Gasteiger partial charge < -0.3 is 9.80 Å². The molecule has 34 heavy (non-hydrogen) atoms. The van der Waals surface area contributed by atoms with Crippen molar-refractivity contribution in [1.82, 2.24) is 30.0 Å². The molecular weight excluding hydrogens is 472 g/mol. The largest absolute Gasteiger partial charge is 0.421 e. The molecule has 2 saturated heterocycles. The third-order valence-corrected chi connectivity index (χ3v) is 5.82. The highest BCUT2D eigenvalue weighted by atomic mass is 19.4. The van der Waals surface area contributed by atoms with E-state index in [2.05, 4.69) is 15.1 Å². The molecule has 1 atom stereocenters. The monoisotopic (exact) mass is 491 g/mol. The lowest BCUT2D eigenvalue weighted by atomic mass is 9.98. The molecule has 2 aromatic rings. The fourth-order valence-corrected chi connectivity index (χ4v) is 3.83. The van der Waals surface area contributed by atoms with Gasteiger partial charge in [-0.2, -0.15) is 31.4 Å². The van der Waals surface area contributed by atoms with E-state index >= 15 is 0 Å². The second-order valence-electron chi connectivity index (χ2n) is 7.95. The molecule has 1 amide bonds. The Morgan fingerprint density at radius 1 is 1.00 bits per heavy atom. The third kappa shape index (κ3) is 4.98. The van der Waals surface area contributed by atoms with Crippen molar-refractivity contribution >= 4 is 11.9 Å². The summed E-state index contributed by atoms with van der Waals surface area (Å²) < 4.78 is 77.0. The van der Waals surface area contributed by atoms with Gasteiger partial charge in [0.1, 0.15) is 5.56 Å². The highest BCUT2D eigenvalue weighted by molar-refractivity contribution is 5.78. The predicted octanol–water partition coefficient (Wildman–Crippen LogP) is 1.69. The Morgan fingerprint density at radius 2 is 1.65 bits per heavy atom. The minimum atomic E-state index is -4.81. The molecule has 1 N–H and O–H groups in total. The van der Waals surface area contributed by atoms with Crippen molar-refractivity contribution in [2.45, 2.75) is 24.8 Å². The van der Waals surface area contributed by atoms with E-state index in [0.717, 1.165) is 0 Å². The second-order valence-corrected chi connectivity index (χ2v) is 7.95. The molecule has 4 heterocycles. The molecule has 0 spiro atoms. The Hall–Kier alpha value is -3.23. The van der Waals surface area contributed by atoms with Crippen molar-refractivity contribution in [3.05, 3.63) is 45.6 Å². The number of rotatable bonds is 4. The number of nitrogens with one attached hydrogen (secondary N) is 1. The number of aromatic nitrogens is 4. The van der Waals surface area contributed by atoms with Crippen LogP contribution in [0.3, 0.4) is 0 Å². The minimum Gasteiger partial charge on any atom is -0.338 e. The maximum Gasteiger partial charge on any atom is 0.421 e. The summed E-state index contributed by atoms with van der Waals surface area (Å²) in [5.41, 5.74) is -3.57. The first-order valence-corrected chi connectivity index (χ1v) is 10.3. The number of alkyl halides is 6. The van der Waals surface area contributed by atoms with Crippen LogP contribution in [-0.2, 0) is 17.1 Å². The quantitative estimate of drug-likeness (QED) is 0.651. The van der Waals surface area contributed by atoms with Crippen molar-refractivity contribution < 1.29 is 31.1 Å². The zero-order chi connectivity index (χ0) is 24.7. The molecular formula is C19H19F6N7O2. The van der Waals surface area contributed by atoms with Crippen molar-refractivity contribution in [2.24, 2.45) is 0 Å². The maximum atomic E-state index is 13.0. The normalized spacial score (nSPS) is 19.8. The highest BCUT2D eigenvalue weighted by Crippen LogP contribution is 2.34. The number of anilines is 1. The molecule has 2 aliphatic rings. The molecule has 2 aromatic heterocycles. The second kappa shape index (κ2) is 8.85. The number of carbonyl (C=O) groups excluding carboxylic acids is 1. The van der Waals surface area contributed by atoms with Crippen LogP contribution in [0, 0.1) is 0 Å². The van der Waals surface area contributed by atoms with Crippen molar-refractivity contribution in [1.29, 1.82) is 0 Å². The predicted molar refractivity (Wildman–Crippen MR) is 105 cm³/mol. The number of likely N-dealkylation sites (tertiary alicyclic amines) is 1. The van der Waals surface area contributed by atoms with Crippen LogP contribution < -0.4 is 10.5 Å². The molecule has 0 bridgehead atoms. The van der Waals surface area contributed by atoms with Gasteiger partial charge in [-0.15, -0.1) is 0 Å². The van der Waals surface area contributed by atoms with Crippen LogP contribution in [0.2, 0.25) is 0 Å². The van der Waals surface area contributed by atoms with Gasteiger partial charge in [0.2, 0.25) is 11.9 Å². The van der Waals surface area contributed by atoms with Gasteiger partial charge in [0.05, 0.1) is 23.8 Å². The first-order valence-electron chi connectivity index (χ1n) is 10.3. The fourth-order valence-electron chi connectivity index (χ4n) is 3.83. The number of nitrogens with zero attached hydrogens (tertiary/aromatic N) is 6. The highest BCUT2D eigenvalue weighted by Gasteiger charge is 2.38. The van der Waals surface area contributed by atoms with E-state index in [4.69, 9.17) is 0 Å². The molecule has 0 radical (unpaired) electrons. The summed E-state index contributed by atoms with van der Waals surface area (Å²) in [6.45, 7) is 1.66. The van der Waals surface area contributed by atoms with Crippen molar-refractivity contribution in [3.8, 4) is 0 Å². The third-order valence-electron chi connectivity index (χ3n) is 5.82. The lowest BCUT2D eigenvalue weighted by Crippen LogP contribution is -2.53. The van der Waals surface area contributed by atoms with E-state index in [9.17, 15) is 35.9 Å². The van der Waals surface area contributed by atoms with Crippen LogP contribution in [0.5, 0.6) is 0 Å². The first-order chi connectivity index (χ1) is 15.9. The number of halogens is 6. The zero-order valence-electron chi connectivity index (χ0n) is 17.5. The lowest BCUT2D eigenvalue weighted by Gasteiger charge is -2.42. The van der Waals surface area contributed by atoms with Crippen molar-refractivity contribution in [3.63, 3.8) is 0 Å². The van der Waals surface area contributed by atoms with E-state index < -0.39 is 35.1 Å². The number of carbonyl (C=O) groups is 1. The molecule has 1 unspecified atom stereocenters. The fraction of sp³-hybridized carbons (Fsp3) is 0.526. The summed E-state index contributed by atoms with van der Waals surface area (Å²) in [6.07, 6.45) is -7.44. The molecule has 184 valence electrons. The summed E-state index contributed by atoms with van der Waals surface area (Å²) in [7, 11) is 0. The smallest absolute Gasteiger partial charge is 0.338 e. The number of piperazine rings is 1. The first kappa shape index (κ1) is 23.9. The summed E-state index contributed by atoms with van der Waals surface area (Å²) in [4.78, 5) is 36.6. The van der Waals surface area contributed by atoms with Gasteiger partial charge in [-0.25, -0.2) is 15.1 Å². The Kier molecular flexibility index (Phi) is 6.22. The Labute approximate surface area is 188 Å². The Balaban J connectivity index is 1.33. The van der Waals surface area contributed by atoms with Gasteiger partial charge in [0.25, 0.3) is 5.56 Å². The van der Waals surface area contributed by atoms with Gasteiger partial charge in [-0.3, -0.25) is 14.5 Å². The molecule has 0 aliphatic carbocycles. The summed E-state index contributed by atoms with van der Waals surface area (Å²) >= 11 is 0. The van der Waals surface area contributed by atoms with Crippen LogP contribution in [-0.4, -0.2) is 75.1 Å².